The van der Waals surface area contributed by atoms with Gasteiger partial charge >= 0.3 is 0 Å². The lowest BCUT2D eigenvalue weighted by Gasteiger charge is -2.20. The highest BCUT2D eigenvalue weighted by Gasteiger charge is 2.18. The van der Waals surface area contributed by atoms with E-state index in [0.717, 1.165) is 25.9 Å². The second-order valence-electron chi connectivity index (χ2n) is 6.15. The van der Waals surface area contributed by atoms with E-state index in [1.807, 2.05) is 6.20 Å². The minimum absolute atomic E-state index is 0.148. The zero-order valence-corrected chi connectivity index (χ0v) is 15.1. The van der Waals surface area contributed by atoms with Crippen molar-refractivity contribution in [1.29, 1.82) is 0 Å². The summed E-state index contributed by atoms with van der Waals surface area (Å²) in [5.74, 6) is -0.418. The molecule has 0 unspecified atom stereocenters. The molecule has 0 saturated carbocycles. The van der Waals surface area contributed by atoms with Gasteiger partial charge in [-0.3, -0.25) is 9.59 Å². The third kappa shape index (κ3) is 5.09. The molecule has 1 aliphatic heterocycles. The van der Waals surface area contributed by atoms with E-state index in [1.54, 1.807) is 0 Å². The second kappa shape index (κ2) is 8.86. The van der Waals surface area contributed by atoms with Gasteiger partial charge in [0, 0.05) is 29.6 Å². The fraction of sp³-hybridized carbons (Fsp3) is 0.389. The predicted molar refractivity (Wildman–Crippen MR) is 98.9 cm³/mol. The Labute approximate surface area is 155 Å². The molecule has 0 atom stereocenters. The van der Waals surface area contributed by atoms with E-state index in [-0.39, 0.29) is 24.8 Å². The molecule has 2 amide bonds. The number of carbonyl (C=O) groups is 2. The number of hydrogen-bond donors (Lipinski definition) is 3. The number of hydrogen-bond acceptors (Lipinski definition) is 5. The Bertz CT molecular complexity index is 757. The van der Waals surface area contributed by atoms with Gasteiger partial charge in [-0.15, -0.1) is 11.3 Å². The third-order valence-electron chi connectivity index (χ3n) is 4.26. The number of halogens is 1. The Hall–Kier alpha value is -2.32. The van der Waals surface area contributed by atoms with Crippen LogP contribution in [-0.4, -0.2) is 36.4 Å². The SMILES string of the molecule is O=C(CCNC(=O)c1ccc(F)cc1)Nc1ncc(C2CCNCC2)s1. The van der Waals surface area contributed by atoms with E-state index >= 15 is 0 Å². The van der Waals surface area contributed by atoms with Crippen LogP contribution < -0.4 is 16.0 Å². The first kappa shape index (κ1) is 18.5. The molecule has 1 aromatic carbocycles. The van der Waals surface area contributed by atoms with E-state index in [0.29, 0.717) is 16.6 Å². The van der Waals surface area contributed by atoms with Crippen molar-refractivity contribution in [2.75, 3.05) is 25.0 Å². The maximum absolute atomic E-state index is 12.8. The molecule has 1 saturated heterocycles. The summed E-state index contributed by atoms with van der Waals surface area (Å²) in [6, 6.07) is 5.26. The van der Waals surface area contributed by atoms with Gasteiger partial charge in [-0.2, -0.15) is 0 Å². The Kier molecular flexibility index (Phi) is 6.30. The number of carbonyl (C=O) groups excluding carboxylic acids is 2. The molecule has 3 rings (SSSR count). The van der Waals surface area contributed by atoms with Crippen molar-refractivity contribution >= 4 is 28.3 Å². The molecule has 3 N–H and O–H groups in total. The summed E-state index contributed by atoms with van der Waals surface area (Å²) >= 11 is 1.51. The van der Waals surface area contributed by atoms with Crippen LogP contribution in [0.5, 0.6) is 0 Å². The summed E-state index contributed by atoms with van der Waals surface area (Å²) in [4.78, 5) is 29.4. The smallest absolute Gasteiger partial charge is 0.251 e. The van der Waals surface area contributed by atoms with Crippen LogP contribution in [0.25, 0.3) is 0 Å². The average molecular weight is 376 g/mol. The van der Waals surface area contributed by atoms with Crippen LogP contribution in [0.3, 0.4) is 0 Å². The quantitative estimate of drug-likeness (QED) is 0.723. The number of rotatable bonds is 6. The fourth-order valence-corrected chi connectivity index (χ4v) is 3.82. The number of benzene rings is 1. The van der Waals surface area contributed by atoms with Gasteiger partial charge in [0.2, 0.25) is 5.91 Å². The van der Waals surface area contributed by atoms with Crippen LogP contribution in [0.2, 0.25) is 0 Å². The van der Waals surface area contributed by atoms with Crippen molar-refractivity contribution in [2.24, 2.45) is 0 Å². The van der Waals surface area contributed by atoms with E-state index < -0.39 is 5.82 Å². The highest BCUT2D eigenvalue weighted by Crippen LogP contribution is 2.31. The summed E-state index contributed by atoms with van der Waals surface area (Å²) in [5.41, 5.74) is 0.360. The van der Waals surface area contributed by atoms with Gasteiger partial charge in [-0.05, 0) is 56.1 Å². The number of aromatic nitrogens is 1. The summed E-state index contributed by atoms with van der Waals surface area (Å²) in [6.07, 6.45) is 4.16. The molecule has 0 spiro atoms. The predicted octanol–water partition coefficient (Wildman–Crippen LogP) is 2.51. The fourth-order valence-electron chi connectivity index (χ4n) is 2.81. The zero-order valence-electron chi connectivity index (χ0n) is 14.3. The largest absolute Gasteiger partial charge is 0.352 e. The van der Waals surface area contributed by atoms with Crippen LogP contribution >= 0.6 is 11.3 Å². The first-order valence-electron chi connectivity index (χ1n) is 8.62. The van der Waals surface area contributed by atoms with E-state index in [9.17, 15) is 14.0 Å². The standard InChI is InChI=1S/C18H21FN4O2S/c19-14-3-1-13(2-4-14)17(25)21-10-7-16(24)23-18-22-11-15(26-18)12-5-8-20-9-6-12/h1-4,11-12,20H,5-10H2,(H,21,25)(H,22,23,24). The van der Waals surface area contributed by atoms with Gasteiger partial charge in [0.1, 0.15) is 5.82 Å². The summed E-state index contributed by atoms with van der Waals surface area (Å²) < 4.78 is 12.8. The van der Waals surface area contributed by atoms with Gasteiger partial charge in [-0.1, -0.05) is 0 Å². The number of thiazole rings is 1. The minimum Gasteiger partial charge on any atom is -0.352 e. The topological polar surface area (TPSA) is 83.1 Å². The van der Waals surface area contributed by atoms with Crippen molar-refractivity contribution in [3.63, 3.8) is 0 Å². The zero-order chi connectivity index (χ0) is 18.4. The van der Waals surface area contributed by atoms with E-state index in [4.69, 9.17) is 0 Å². The molecule has 8 heteroatoms. The normalized spacial score (nSPS) is 14.8. The second-order valence-corrected chi connectivity index (χ2v) is 7.22. The summed E-state index contributed by atoms with van der Waals surface area (Å²) in [5, 5.41) is 9.34. The molecule has 1 aromatic heterocycles. The van der Waals surface area contributed by atoms with Gasteiger partial charge in [0.05, 0.1) is 0 Å². The minimum atomic E-state index is -0.395. The van der Waals surface area contributed by atoms with Crippen molar-refractivity contribution in [3.05, 3.63) is 46.7 Å². The maximum Gasteiger partial charge on any atom is 0.251 e. The molecule has 0 radical (unpaired) electrons. The Morgan fingerprint density at radius 2 is 1.96 bits per heavy atom. The molecule has 26 heavy (non-hydrogen) atoms. The molecule has 138 valence electrons. The molecule has 6 nitrogen and oxygen atoms in total. The number of nitrogens with zero attached hydrogens (tertiary/aromatic N) is 1. The number of anilines is 1. The van der Waals surface area contributed by atoms with Crippen LogP contribution in [0.1, 0.15) is 40.4 Å². The van der Waals surface area contributed by atoms with Crippen molar-refractivity contribution in [3.8, 4) is 0 Å². The maximum atomic E-state index is 12.8. The monoisotopic (exact) mass is 376 g/mol. The Morgan fingerprint density at radius 3 is 2.69 bits per heavy atom. The molecular formula is C18H21FN4O2S. The molecule has 2 aromatic rings. The summed E-state index contributed by atoms with van der Waals surface area (Å²) in [7, 11) is 0. The van der Waals surface area contributed by atoms with Gasteiger partial charge in [0.15, 0.2) is 5.13 Å². The first-order valence-corrected chi connectivity index (χ1v) is 9.43. The molecule has 1 fully saturated rings. The molecule has 1 aliphatic rings. The lowest BCUT2D eigenvalue weighted by molar-refractivity contribution is -0.116. The lowest BCUT2D eigenvalue weighted by atomic mass is 9.97. The van der Waals surface area contributed by atoms with Crippen LogP contribution in [0.4, 0.5) is 9.52 Å². The van der Waals surface area contributed by atoms with Crippen LogP contribution in [0, 0.1) is 5.82 Å². The van der Waals surface area contributed by atoms with Gasteiger partial charge < -0.3 is 16.0 Å². The highest BCUT2D eigenvalue weighted by molar-refractivity contribution is 7.15. The average Bonchev–Trinajstić information content (AvgIpc) is 3.11. The van der Waals surface area contributed by atoms with Gasteiger partial charge in [-0.25, -0.2) is 9.37 Å². The van der Waals surface area contributed by atoms with E-state index in [1.165, 1.54) is 40.5 Å². The lowest BCUT2D eigenvalue weighted by Crippen LogP contribution is -2.27. The van der Waals surface area contributed by atoms with Crippen LogP contribution in [0.15, 0.2) is 30.5 Å². The third-order valence-corrected chi connectivity index (χ3v) is 5.33. The number of nitrogens with one attached hydrogen (secondary N) is 3. The van der Waals surface area contributed by atoms with Crippen molar-refractivity contribution in [1.82, 2.24) is 15.6 Å². The molecule has 2 heterocycles. The van der Waals surface area contributed by atoms with Gasteiger partial charge in [0.25, 0.3) is 5.91 Å². The van der Waals surface area contributed by atoms with Crippen molar-refractivity contribution < 1.29 is 14.0 Å². The van der Waals surface area contributed by atoms with Crippen LogP contribution in [-0.2, 0) is 4.79 Å². The Balaban J connectivity index is 1.42. The highest BCUT2D eigenvalue weighted by atomic mass is 32.1. The number of piperidine rings is 1. The molecule has 0 bridgehead atoms. The number of amides is 2. The first-order chi connectivity index (χ1) is 12.6. The molecule has 0 aliphatic carbocycles. The van der Waals surface area contributed by atoms with E-state index in [2.05, 4.69) is 20.9 Å². The van der Waals surface area contributed by atoms with Crippen molar-refractivity contribution in [2.45, 2.75) is 25.2 Å². The Morgan fingerprint density at radius 1 is 1.23 bits per heavy atom. The molecular weight excluding hydrogens is 355 g/mol. The summed E-state index contributed by atoms with van der Waals surface area (Å²) in [6.45, 7) is 2.23.